The van der Waals surface area contributed by atoms with E-state index in [1.165, 1.54) is 64.2 Å². The highest BCUT2D eigenvalue weighted by Gasteiger charge is 2.34. The summed E-state index contributed by atoms with van der Waals surface area (Å²) >= 11 is 0. The Bertz CT molecular complexity index is 246. The van der Waals surface area contributed by atoms with Gasteiger partial charge in [0.2, 0.25) is 0 Å². The van der Waals surface area contributed by atoms with Crippen LogP contribution in [0.2, 0.25) is 0 Å². The first-order valence-corrected chi connectivity index (χ1v) is 8.19. The van der Waals surface area contributed by atoms with Crippen LogP contribution in [0.4, 0.5) is 0 Å². The molecule has 0 radical (unpaired) electrons. The average Bonchev–Trinajstić information content (AvgIpc) is 2.99. The van der Waals surface area contributed by atoms with Crippen molar-refractivity contribution in [2.24, 2.45) is 17.8 Å². The summed E-state index contributed by atoms with van der Waals surface area (Å²) in [4.78, 5) is 0. The van der Waals surface area contributed by atoms with Gasteiger partial charge in [-0.15, -0.1) is 0 Å². The highest BCUT2D eigenvalue weighted by molar-refractivity contribution is 5.09. The SMILES string of the molecule is OCCCCCCCCCCC1CC2C=CC1C2. The van der Waals surface area contributed by atoms with Crippen LogP contribution in [-0.2, 0) is 0 Å². The minimum absolute atomic E-state index is 0.373. The number of allylic oxidation sites excluding steroid dienone is 2. The Hall–Kier alpha value is -0.300. The minimum Gasteiger partial charge on any atom is -0.396 e. The quantitative estimate of drug-likeness (QED) is 0.440. The molecule has 0 saturated heterocycles. The number of unbranched alkanes of at least 4 members (excludes halogenated alkanes) is 7. The Kier molecular flexibility index (Phi) is 6.26. The van der Waals surface area contributed by atoms with E-state index in [1.807, 2.05) is 0 Å². The molecule has 2 aliphatic rings. The Labute approximate surface area is 113 Å². The summed E-state index contributed by atoms with van der Waals surface area (Å²) < 4.78 is 0. The van der Waals surface area contributed by atoms with Crippen molar-refractivity contribution in [2.45, 2.75) is 70.6 Å². The molecule has 1 heteroatoms. The van der Waals surface area contributed by atoms with E-state index in [2.05, 4.69) is 12.2 Å². The van der Waals surface area contributed by atoms with Gasteiger partial charge in [-0.25, -0.2) is 0 Å². The molecular weight excluding hydrogens is 220 g/mol. The van der Waals surface area contributed by atoms with Crippen molar-refractivity contribution in [2.75, 3.05) is 6.61 Å². The van der Waals surface area contributed by atoms with Crippen LogP contribution in [0.1, 0.15) is 70.6 Å². The first-order chi connectivity index (χ1) is 8.90. The first kappa shape index (κ1) is 14.1. The third-order valence-corrected chi connectivity index (χ3v) is 4.90. The molecule has 0 spiro atoms. The molecule has 0 aromatic rings. The van der Waals surface area contributed by atoms with Gasteiger partial charge in [0.1, 0.15) is 0 Å². The Morgan fingerprint density at radius 1 is 0.778 bits per heavy atom. The van der Waals surface area contributed by atoms with E-state index < -0.39 is 0 Å². The van der Waals surface area contributed by atoms with E-state index in [0.717, 1.165) is 24.2 Å². The second-order valence-electron chi connectivity index (χ2n) is 6.38. The number of hydrogen-bond donors (Lipinski definition) is 1. The van der Waals surface area contributed by atoms with Crippen molar-refractivity contribution in [1.29, 1.82) is 0 Å². The molecule has 2 rings (SSSR count). The summed E-state index contributed by atoms with van der Waals surface area (Å²) in [5, 5.41) is 8.68. The fourth-order valence-electron chi connectivity index (χ4n) is 3.81. The maximum Gasteiger partial charge on any atom is 0.0431 e. The predicted molar refractivity (Wildman–Crippen MR) is 77.5 cm³/mol. The lowest BCUT2D eigenvalue weighted by molar-refractivity contribution is 0.282. The summed E-state index contributed by atoms with van der Waals surface area (Å²) in [5.74, 6) is 2.93. The second kappa shape index (κ2) is 7.99. The van der Waals surface area contributed by atoms with Crippen molar-refractivity contribution in [3.05, 3.63) is 12.2 Å². The van der Waals surface area contributed by atoms with E-state index in [0.29, 0.717) is 6.61 Å². The molecule has 0 amide bonds. The van der Waals surface area contributed by atoms with E-state index in [9.17, 15) is 0 Å². The van der Waals surface area contributed by atoms with Gasteiger partial charge in [-0.2, -0.15) is 0 Å². The molecule has 3 atom stereocenters. The van der Waals surface area contributed by atoms with E-state index in [4.69, 9.17) is 5.11 Å². The number of hydrogen-bond acceptors (Lipinski definition) is 1. The van der Waals surface area contributed by atoms with Gasteiger partial charge in [-0.1, -0.05) is 57.1 Å². The zero-order chi connectivity index (χ0) is 12.6. The third kappa shape index (κ3) is 4.42. The maximum atomic E-state index is 8.68. The Morgan fingerprint density at radius 2 is 1.44 bits per heavy atom. The molecule has 1 nitrogen and oxygen atoms in total. The lowest BCUT2D eigenvalue weighted by atomic mass is 9.88. The van der Waals surface area contributed by atoms with Crippen molar-refractivity contribution in [3.63, 3.8) is 0 Å². The minimum atomic E-state index is 0.373. The molecule has 0 aromatic carbocycles. The van der Waals surface area contributed by atoms with Gasteiger partial charge in [-0.3, -0.25) is 0 Å². The molecular formula is C17H30O. The molecule has 0 aliphatic heterocycles. The molecule has 3 unspecified atom stereocenters. The van der Waals surface area contributed by atoms with Gasteiger partial charge >= 0.3 is 0 Å². The summed E-state index contributed by atoms with van der Waals surface area (Å²) in [6.45, 7) is 0.373. The second-order valence-corrected chi connectivity index (χ2v) is 6.38. The molecule has 104 valence electrons. The normalized spacial score (nSPS) is 29.3. The highest BCUT2D eigenvalue weighted by atomic mass is 16.2. The van der Waals surface area contributed by atoms with Crippen molar-refractivity contribution in [1.82, 2.24) is 0 Å². The number of aliphatic hydroxyl groups is 1. The molecule has 1 saturated carbocycles. The van der Waals surface area contributed by atoms with E-state index in [-0.39, 0.29) is 0 Å². The fraction of sp³-hybridized carbons (Fsp3) is 0.882. The molecule has 2 bridgehead atoms. The fourth-order valence-corrected chi connectivity index (χ4v) is 3.81. The zero-order valence-corrected chi connectivity index (χ0v) is 11.8. The van der Waals surface area contributed by atoms with Crippen LogP contribution >= 0.6 is 0 Å². The van der Waals surface area contributed by atoms with Gasteiger partial charge < -0.3 is 5.11 Å². The lowest BCUT2D eigenvalue weighted by Gasteiger charge is -2.17. The molecule has 2 aliphatic carbocycles. The zero-order valence-electron chi connectivity index (χ0n) is 11.8. The third-order valence-electron chi connectivity index (χ3n) is 4.90. The topological polar surface area (TPSA) is 20.2 Å². The van der Waals surface area contributed by atoms with Gasteiger partial charge in [0.25, 0.3) is 0 Å². The van der Waals surface area contributed by atoms with Crippen LogP contribution in [0.5, 0.6) is 0 Å². The van der Waals surface area contributed by atoms with Crippen LogP contribution < -0.4 is 0 Å². The summed E-state index contributed by atoms with van der Waals surface area (Å²) in [7, 11) is 0. The number of rotatable bonds is 10. The highest BCUT2D eigenvalue weighted by Crippen LogP contribution is 2.45. The Balaban J connectivity index is 1.37. The van der Waals surface area contributed by atoms with E-state index >= 15 is 0 Å². The van der Waals surface area contributed by atoms with Crippen LogP contribution in [0, 0.1) is 17.8 Å². The van der Waals surface area contributed by atoms with Gasteiger partial charge in [0.15, 0.2) is 0 Å². The van der Waals surface area contributed by atoms with Gasteiger partial charge in [-0.05, 0) is 43.4 Å². The maximum absolute atomic E-state index is 8.68. The van der Waals surface area contributed by atoms with Gasteiger partial charge in [0, 0.05) is 6.61 Å². The van der Waals surface area contributed by atoms with Gasteiger partial charge in [0.05, 0.1) is 0 Å². The van der Waals surface area contributed by atoms with Crippen molar-refractivity contribution in [3.8, 4) is 0 Å². The Morgan fingerprint density at radius 3 is 2.00 bits per heavy atom. The largest absolute Gasteiger partial charge is 0.396 e. The summed E-state index contributed by atoms with van der Waals surface area (Å²) in [5.41, 5.74) is 0. The monoisotopic (exact) mass is 250 g/mol. The van der Waals surface area contributed by atoms with E-state index in [1.54, 1.807) is 0 Å². The molecule has 18 heavy (non-hydrogen) atoms. The van der Waals surface area contributed by atoms with Crippen LogP contribution in [0.25, 0.3) is 0 Å². The first-order valence-electron chi connectivity index (χ1n) is 8.19. The predicted octanol–water partition coefficient (Wildman–Crippen LogP) is 4.70. The molecule has 0 aromatic heterocycles. The molecule has 1 fully saturated rings. The lowest BCUT2D eigenvalue weighted by Crippen LogP contribution is -2.06. The standard InChI is InChI=1S/C17H30O/c18-12-8-6-4-2-1-3-5-7-9-16-13-15-10-11-17(16)14-15/h10-11,15-18H,1-9,12-14H2. The van der Waals surface area contributed by atoms with Crippen molar-refractivity contribution < 1.29 is 5.11 Å². The number of fused-ring (bicyclic) bond motifs is 2. The van der Waals surface area contributed by atoms with Crippen LogP contribution in [0.3, 0.4) is 0 Å². The molecule has 0 heterocycles. The summed E-state index contributed by atoms with van der Waals surface area (Å²) in [6.07, 6.45) is 20.0. The molecule has 1 N–H and O–H groups in total. The smallest absolute Gasteiger partial charge is 0.0431 e. The number of aliphatic hydroxyl groups excluding tert-OH is 1. The van der Waals surface area contributed by atoms with Crippen molar-refractivity contribution >= 4 is 0 Å². The summed E-state index contributed by atoms with van der Waals surface area (Å²) in [6, 6.07) is 0. The van der Waals surface area contributed by atoms with Crippen LogP contribution in [-0.4, -0.2) is 11.7 Å². The van der Waals surface area contributed by atoms with Crippen LogP contribution in [0.15, 0.2) is 12.2 Å². The average molecular weight is 250 g/mol.